The summed E-state index contributed by atoms with van der Waals surface area (Å²) in [7, 11) is 0. The standard InChI is InChI=1S/C17H23NO/c1-13(2)10-11-19-12-17(18)16-9-5-7-14-6-3-4-8-15(14)16/h3-9,13,17H,10-12,18H2,1-2H3. The lowest BCUT2D eigenvalue weighted by molar-refractivity contribution is 0.111. The van der Waals surface area contributed by atoms with Crippen molar-refractivity contribution in [1.29, 1.82) is 0 Å². The minimum absolute atomic E-state index is 0.0572. The molecule has 0 fully saturated rings. The van der Waals surface area contributed by atoms with Gasteiger partial charge >= 0.3 is 0 Å². The quantitative estimate of drug-likeness (QED) is 0.796. The van der Waals surface area contributed by atoms with E-state index in [0.29, 0.717) is 12.5 Å². The molecule has 2 N–H and O–H groups in total. The summed E-state index contributed by atoms with van der Waals surface area (Å²) < 4.78 is 5.68. The molecule has 2 nitrogen and oxygen atoms in total. The van der Waals surface area contributed by atoms with Crippen molar-refractivity contribution in [3.63, 3.8) is 0 Å². The Morgan fingerprint density at radius 3 is 2.58 bits per heavy atom. The first-order chi connectivity index (χ1) is 9.18. The second-order valence-electron chi connectivity index (χ2n) is 5.43. The number of fused-ring (bicyclic) bond motifs is 1. The van der Waals surface area contributed by atoms with Gasteiger partial charge in [0.15, 0.2) is 0 Å². The molecule has 0 aliphatic rings. The summed E-state index contributed by atoms with van der Waals surface area (Å²) >= 11 is 0. The van der Waals surface area contributed by atoms with Crippen LogP contribution in [0.3, 0.4) is 0 Å². The first kappa shape index (κ1) is 14.0. The van der Waals surface area contributed by atoms with Crippen LogP contribution in [0.15, 0.2) is 42.5 Å². The lowest BCUT2D eigenvalue weighted by Gasteiger charge is -2.15. The Morgan fingerprint density at radius 1 is 1.05 bits per heavy atom. The highest BCUT2D eigenvalue weighted by atomic mass is 16.5. The Hall–Kier alpha value is -1.38. The van der Waals surface area contributed by atoms with Gasteiger partial charge in [-0.25, -0.2) is 0 Å². The van der Waals surface area contributed by atoms with Crippen molar-refractivity contribution in [3.05, 3.63) is 48.0 Å². The van der Waals surface area contributed by atoms with Crippen LogP contribution in [0.2, 0.25) is 0 Å². The Labute approximate surface area is 115 Å². The maximum absolute atomic E-state index is 6.25. The van der Waals surface area contributed by atoms with Crippen LogP contribution in [0.4, 0.5) is 0 Å². The molecule has 0 aliphatic heterocycles. The van der Waals surface area contributed by atoms with Crippen molar-refractivity contribution in [1.82, 2.24) is 0 Å². The van der Waals surface area contributed by atoms with E-state index in [2.05, 4.69) is 56.3 Å². The van der Waals surface area contributed by atoms with Gasteiger partial charge in [0.2, 0.25) is 0 Å². The second-order valence-corrected chi connectivity index (χ2v) is 5.43. The first-order valence-electron chi connectivity index (χ1n) is 6.99. The van der Waals surface area contributed by atoms with Gasteiger partial charge in [0.25, 0.3) is 0 Å². The normalized spacial score (nSPS) is 13.1. The molecule has 2 aromatic carbocycles. The van der Waals surface area contributed by atoms with Crippen molar-refractivity contribution in [2.45, 2.75) is 26.3 Å². The topological polar surface area (TPSA) is 35.2 Å². The molecule has 19 heavy (non-hydrogen) atoms. The van der Waals surface area contributed by atoms with Crippen LogP contribution in [0, 0.1) is 5.92 Å². The van der Waals surface area contributed by atoms with Crippen LogP contribution in [-0.4, -0.2) is 13.2 Å². The largest absolute Gasteiger partial charge is 0.379 e. The predicted molar refractivity (Wildman–Crippen MR) is 81.2 cm³/mol. The van der Waals surface area contributed by atoms with E-state index in [0.717, 1.165) is 13.0 Å². The van der Waals surface area contributed by atoms with Crippen molar-refractivity contribution < 1.29 is 4.74 Å². The van der Waals surface area contributed by atoms with Gasteiger partial charge in [-0.3, -0.25) is 0 Å². The Kier molecular flexibility index (Phi) is 4.94. The maximum Gasteiger partial charge on any atom is 0.0659 e. The van der Waals surface area contributed by atoms with Crippen LogP contribution in [0.1, 0.15) is 31.9 Å². The Bertz CT molecular complexity index is 516. The zero-order valence-corrected chi connectivity index (χ0v) is 11.8. The van der Waals surface area contributed by atoms with E-state index in [1.165, 1.54) is 16.3 Å². The van der Waals surface area contributed by atoms with Gasteiger partial charge in [-0.15, -0.1) is 0 Å². The highest BCUT2D eigenvalue weighted by molar-refractivity contribution is 5.86. The number of ether oxygens (including phenoxy) is 1. The van der Waals surface area contributed by atoms with Gasteiger partial charge in [0.05, 0.1) is 12.6 Å². The molecule has 2 rings (SSSR count). The van der Waals surface area contributed by atoms with Gasteiger partial charge in [0, 0.05) is 6.61 Å². The summed E-state index contributed by atoms with van der Waals surface area (Å²) in [5, 5.41) is 2.46. The van der Waals surface area contributed by atoms with Crippen molar-refractivity contribution in [2.75, 3.05) is 13.2 Å². The molecule has 102 valence electrons. The summed E-state index contributed by atoms with van der Waals surface area (Å²) in [6.45, 7) is 5.78. The van der Waals surface area contributed by atoms with Crippen LogP contribution >= 0.6 is 0 Å². The van der Waals surface area contributed by atoms with E-state index in [1.54, 1.807) is 0 Å². The van der Waals surface area contributed by atoms with Crippen molar-refractivity contribution >= 4 is 10.8 Å². The third-order valence-corrected chi connectivity index (χ3v) is 3.36. The fraction of sp³-hybridized carbons (Fsp3) is 0.412. The first-order valence-corrected chi connectivity index (χ1v) is 6.99. The van der Waals surface area contributed by atoms with Crippen LogP contribution in [0.5, 0.6) is 0 Å². The average molecular weight is 257 g/mol. The van der Waals surface area contributed by atoms with E-state index >= 15 is 0 Å². The van der Waals surface area contributed by atoms with Gasteiger partial charge in [-0.2, -0.15) is 0 Å². The van der Waals surface area contributed by atoms with Crippen LogP contribution < -0.4 is 5.73 Å². The molecule has 1 unspecified atom stereocenters. The molecule has 0 saturated carbocycles. The monoisotopic (exact) mass is 257 g/mol. The van der Waals surface area contributed by atoms with Crippen molar-refractivity contribution in [3.8, 4) is 0 Å². The zero-order valence-electron chi connectivity index (χ0n) is 11.8. The molecule has 0 amide bonds. The highest BCUT2D eigenvalue weighted by Gasteiger charge is 2.09. The smallest absolute Gasteiger partial charge is 0.0659 e. The summed E-state index contributed by atoms with van der Waals surface area (Å²) in [6.07, 6.45) is 1.09. The molecule has 0 bridgehead atoms. The summed E-state index contributed by atoms with van der Waals surface area (Å²) in [6, 6.07) is 14.6. The lowest BCUT2D eigenvalue weighted by atomic mass is 10.00. The van der Waals surface area contributed by atoms with Gasteiger partial charge in [-0.1, -0.05) is 56.3 Å². The molecule has 2 aromatic rings. The van der Waals surface area contributed by atoms with E-state index in [-0.39, 0.29) is 6.04 Å². The second kappa shape index (κ2) is 6.69. The average Bonchev–Trinajstić information content (AvgIpc) is 2.42. The van der Waals surface area contributed by atoms with Crippen LogP contribution in [-0.2, 0) is 4.74 Å². The van der Waals surface area contributed by atoms with E-state index in [9.17, 15) is 0 Å². The minimum Gasteiger partial charge on any atom is -0.379 e. The van der Waals surface area contributed by atoms with Gasteiger partial charge in [0.1, 0.15) is 0 Å². The number of benzene rings is 2. The number of hydrogen-bond acceptors (Lipinski definition) is 2. The van der Waals surface area contributed by atoms with Crippen LogP contribution in [0.25, 0.3) is 10.8 Å². The molecule has 0 saturated heterocycles. The molecule has 0 aliphatic carbocycles. The summed E-state index contributed by atoms with van der Waals surface area (Å²) in [5.41, 5.74) is 7.42. The van der Waals surface area contributed by atoms with E-state index in [1.807, 2.05) is 0 Å². The zero-order chi connectivity index (χ0) is 13.7. The molecule has 1 atom stereocenters. The van der Waals surface area contributed by atoms with E-state index in [4.69, 9.17) is 10.5 Å². The summed E-state index contributed by atoms with van der Waals surface area (Å²) in [4.78, 5) is 0. The number of hydrogen-bond donors (Lipinski definition) is 1. The molecular weight excluding hydrogens is 234 g/mol. The predicted octanol–water partition coefficient (Wildman–Crippen LogP) is 3.90. The Morgan fingerprint density at radius 2 is 1.79 bits per heavy atom. The molecule has 0 heterocycles. The maximum atomic E-state index is 6.25. The third kappa shape index (κ3) is 3.79. The number of rotatable bonds is 6. The molecule has 2 heteroatoms. The molecule has 0 radical (unpaired) electrons. The fourth-order valence-corrected chi connectivity index (χ4v) is 2.19. The molecule has 0 aromatic heterocycles. The van der Waals surface area contributed by atoms with Crippen molar-refractivity contribution in [2.24, 2.45) is 11.7 Å². The Balaban J connectivity index is 2.03. The summed E-state index contributed by atoms with van der Waals surface area (Å²) in [5.74, 6) is 0.675. The molecule has 0 spiro atoms. The van der Waals surface area contributed by atoms with E-state index < -0.39 is 0 Å². The minimum atomic E-state index is -0.0572. The van der Waals surface area contributed by atoms with Gasteiger partial charge < -0.3 is 10.5 Å². The third-order valence-electron chi connectivity index (χ3n) is 3.36. The number of nitrogens with two attached hydrogens (primary N) is 1. The van der Waals surface area contributed by atoms with Gasteiger partial charge in [-0.05, 0) is 28.7 Å². The lowest BCUT2D eigenvalue weighted by Crippen LogP contribution is -2.18. The SMILES string of the molecule is CC(C)CCOCC(N)c1cccc2ccccc12. The fourth-order valence-electron chi connectivity index (χ4n) is 2.19. The molecular formula is C17H23NO. The highest BCUT2D eigenvalue weighted by Crippen LogP contribution is 2.23.